The van der Waals surface area contributed by atoms with Crippen molar-refractivity contribution < 1.29 is 19.4 Å². The number of hydrogen-bond acceptors (Lipinski definition) is 6. The first-order valence-electron chi connectivity index (χ1n) is 5.30. The van der Waals surface area contributed by atoms with Gasteiger partial charge in [-0.1, -0.05) is 0 Å². The lowest BCUT2D eigenvalue weighted by molar-refractivity contribution is -0.121. The smallest absolute Gasteiger partial charge is 0.356 e. The Labute approximate surface area is 102 Å². The Morgan fingerprint density at radius 3 is 2.78 bits per heavy atom. The molecule has 0 saturated carbocycles. The second kappa shape index (κ2) is 4.96. The van der Waals surface area contributed by atoms with Crippen molar-refractivity contribution in [3.63, 3.8) is 0 Å². The lowest BCUT2D eigenvalue weighted by Crippen LogP contribution is -2.53. The number of carboxylic acid groups (broad SMARTS) is 1. The van der Waals surface area contributed by atoms with E-state index in [1.54, 1.807) is 4.90 Å². The van der Waals surface area contributed by atoms with Gasteiger partial charge in [0.1, 0.15) is 6.04 Å². The maximum absolute atomic E-state index is 11.3. The number of primary amides is 1. The zero-order valence-electron chi connectivity index (χ0n) is 9.44. The van der Waals surface area contributed by atoms with E-state index < -0.39 is 17.9 Å². The molecule has 1 fully saturated rings. The Hall–Kier alpha value is -2.22. The molecule has 0 spiro atoms. The Morgan fingerprint density at radius 1 is 1.44 bits per heavy atom. The van der Waals surface area contributed by atoms with Gasteiger partial charge in [-0.25, -0.2) is 4.79 Å². The van der Waals surface area contributed by atoms with Gasteiger partial charge in [0.05, 0.1) is 13.2 Å². The van der Waals surface area contributed by atoms with E-state index in [0.717, 1.165) is 0 Å². The largest absolute Gasteiger partial charge is 0.476 e. The molecule has 1 saturated heterocycles. The number of aromatic nitrogens is 2. The summed E-state index contributed by atoms with van der Waals surface area (Å²) >= 11 is 0. The van der Waals surface area contributed by atoms with Crippen molar-refractivity contribution in [3.8, 4) is 0 Å². The number of nitrogens with two attached hydrogens (primary N) is 1. The molecule has 18 heavy (non-hydrogen) atoms. The zero-order valence-corrected chi connectivity index (χ0v) is 9.44. The van der Waals surface area contributed by atoms with E-state index in [1.807, 2.05) is 0 Å². The van der Waals surface area contributed by atoms with Crippen molar-refractivity contribution >= 4 is 17.7 Å². The van der Waals surface area contributed by atoms with Gasteiger partial charge in [0, 0.05) is 6.54 Å². The highest BCUT2D eigenvalue weighted by molar-refractivity contribution is 5.86. The van der Waals surface area contributed by atoms with Crippen molar-refractivity contribution in [2.45, 2.75) is 6.04 Å². The molecule has 2 rings (SSSR count). The molecule has 0 radical (unpaired) electrons. The van der Waals surface area contributed by atoms with Crippen LogP contribution in [0.5, 0.6) is 0 Å². The summed E-state index contributed by atoms with van der Waals surface area (Å²) in [7, 11) is 0. The third kappa shape index (κ3) is 2.38. The molecule has 1 amide bonds. The van der Waals surface area contributed by atoms with Crippen LogP contribution in [-0.2, 0) is 9.53 Å². The van der Waals surface area contributed by atoms with Gasteiger partial charge in [-0.05, 0) is 12.1 Å². The Kier molecular flexibility index (Phi) is 3.38. The minimum absolute atomic E-state index is 0.150. The molecule has 96 valence electrons. The average Bonchev–Trinajstić information content (AvgIpc) is 2.39. The maximum atomic E-state index is 11.3. The summed E-state index contributed by atoms with van der Waals surface area (Å²) in [4.78, 5) is 23.6. The van der Waals surface area contributed by atoms with Gasteiger partial charge in [-0.3, -0.25) is 4.79 Å². The SMILES string of the molecule is NC(=O)C1COCCN1c1ccc(C(=O)O)nn1. The fraction of sp³-hybridized carbons (Fsp3) is 0.400. The van der Waals surface area contributed by atoms with Crippen LogP contribution in [-0.4, -0.2) is 53.0 Å². The van der Waals surface area contributed by atoms with Crippen LogP contribution >= 0.6 is 0 Å². The van der Waals surface area contributed by atoms with E-state index in [0.29, 0.717) is 19.0 Å². The van der Waals surface area contributed by atoms with Crippen LogP contribution in [0.3, 0.4) is 0 Å². The van der Waals surface area contributed by atoms with Crippen molar-refractivity contribution in [1.29, 1.82) is 0 Å². The van der Waals surface area contributed by atoms with Crippen LogP contribution in [0.25, 0.3) is 0 Å². The molecule has 8 nitrogen and oxygen atoms in total. The number of carboxylic acids is 1. The fourth-order valence-electron chi connectivity index (χ4n) is 1.71. The summed E-state index contributed by atoms with van der Waals surface area (Å²) in [5.41, 5.74) is 5.12. The molecule has 1 unspecified atom stereocenters. The van der Waals surface area contributed by atoms with E-state index in [9.17, 15) is 9.59 Å². The number of amides is 1. The van der Waals surface area contributed by atoms with Crippen LogP contribution in [0.15, 0.2) is 12.1 Å². The molecule has 2 heterocycles. The molecule has 1 aromatic rings. The molecule has 8 heteroatoms. The first-order valence-corrected chi connectivity index (χ1v) is 5.30. The average molecular weight is 252 g/mol. The van der Waals surface area contributed by atoms with Gasteiger partial charge in [0.25, 0.3) is 0 Å². The van der Waals surface area contributed by atoms with Gasteiger partial charge < -0.3 is 20.5 Å². The minimum atomic E-state index is -1.15. The maximum Gasteiger partial charge on any atom is 0.356 e. The van der Waals surface area contributed by atoms with E-state index >= 15 is 0 Å². The third-order valence-electron chi connectivity index (χ3n) is 2.62. The summed E-state index contributed by atoms with van der Waals surface area (Å²) < 4.78 is 5.17. The standard InChI is InChI=1S/C10H12N4O4/c11-9(15)7-5-18-4-3-14(7)8-2-1-6(10(16)17)12-13-8/h1-2,7H,3-5H2,(H2,11,15)(H,16,17). The van der Waals surface area contributed by atoms with E-state index in [1.165, 1.54) is 12.1 Å². The number of nitrogens with zero attached hydrogens (tertiary/aromatic N) is 3. The molecule has 0 aromatic carbocycles. The number of rotatable bonds is 3. The van der Waals surface area contributed by atoms with Crippen molar-refractivity contribution in [3.05, 3.63) is 17.8 Å². The summed E-state index contributed by atoms with van der Waals surface area (Å²) in [5.74, 6) is -1.26. The third-order valence-corrected chi connectivity index (χ3v) is 2.62. The summed E-state index contributed by atoms with van der Waals surface area (Å²) in [6, 6.07) is 2.22. The van der Waals surface area contributed by atoms with Gasteiger partial charge >= 0.3 is 5.97 Å². The predicted octanol–water partition coefficient (Wildman–Crippen LogP) is -1.13. The topological polar surface area (TPSA) is 119 Å². The second-order valence-corrected chi connectivity index (χ2v) is 3.77. The fourth-order valence-corrected chi connectivity index (χ4v) is 1.71. The van der Waals surface area contributed by atoms with Crippen LogP contribution in [0.4, 0.5) is 5.82 Å². The highest BCUT2D eigenvalue weighted by Gasteiger charge is 2.29. The molecule has 0 bridgehead atoms. The molecular formula is C10H12N4O4. The normalized spacial score (nSPS) is 19.6. The summed E-state index contributed by atoms with van der Waals surface area (Å²) in [6.07, 6.45) is 0. The van der Waals surface area contributed by atoms with Crippen LogP contribution < -0.4 is 10.6 Å². The van der Waals surface area contributed by atoms with Crippen LogP contribution in [0.2, 0.25) is 0 Å². The molecule has 1 atom stereocenters. The number of aromatic carboxylic acids is 1. The summed E-state index contributed by atoms with van der Waals surface area (Å²) in [6.45, 7) is 1.10. The highest BCUT2D eigenvalue weighted by Crippen LogP contribution is 2.16. The zero-order chi connectivity index (χ0) is 13.1. The van der Waals surface area contributed by atoms with Gasteiger partial charge in [-0.15, -0.1) is 10.2 Å². The van der Waals surface area contributed by atoms with Crippen molar-refractivity contribution in [2.24, 2.45) is 5.73 Å². The van der Waals surface area contributed by atoms with E-state index in [4.69, 9.17) is 15.6 Å². The monoisotopic (exact) mass is 252 g/mol. The number of carbonyl (C=O) groups excluding carboxylic acids is 1. The quantitative estimate of drug-likeness (QED) is 0.698. The first-order chi connectivity index (χ1) is 8.59. The minimum Gasteiger partial charge on any atom is -0.476 e. The van der Waals surface area contributed by atoms with Gasteiger partial charge in [-0.2, -0.15) is 0 Å². The number of anilines is 1. The lowest BCUT2D eigenvalue weighted by Gasteiger charge is -2.33. The number of ether oxygens (including phenoxy) is 1. The molecule has 0 aliphatic carbocycles. The molecule has 1 aliphatic heterocycles. The van der Waals surface area contributed by atoms with Crippen molar-refractivity contribution in [1.82, 2.24) is 10.2 Å². The molecular weight excluding hydrogens is 240 g/mol. The van der Waals surface area contributed by atoms with E-state index in [2.05, 4.69) is 10.2 Å². The predicted molar refractivity (Wildman–Crippen MR) is 60.1 cm³/mol. The Bertz CT molecular complexity index is 461. The highest BCUT2D eigenvalue weighted by atomic mass is 16.5. The molecule has 1 aromatic heterocycles. The number of morpholine rings is 1. The van der Waals surface area contributed by atoms with E-state index in [-0.39, 0.29) is 12.3 Å². The van der Waals surface area contributed by atoms with Crippen LogP contribution in [0, 0.1) is 0 Å². The van der Waals surface area contributed by atoms with Crippen LogP contribution in [0.1, 0.15) is 10.5 Å². The Morgan fingerprint density at radius 2 is 2.22 bits per heavy atom. The number of carbonyl (C=O) groups is 2. The molecule has 3 N–H and O–H groups in total. The van der Waals surface area contributed by atoms with Gasteiger partial charge in [0.2, 0.25) is 5.91 Å². The second-order valence-electron chi connectivity index (χ2n) is 3.77. The lowest BCUT2D eigenvalue weighted by atomic mass is 10.2. The molecule has 1 aliphatic rings. The summed E-state index contributed by atoms with van der Waals surface area (Å²) in [5, 5.41) is 16.1. The van der Waals surface area contributed by atoms with Crippen molar-refractivity contribution in [2.75, 3.05) is 24.7 Å². The van der Waals surface area contributed by atoms with Gasteiger partial charge in [0.15, 0.2) is 11.5 Å². The first kappa shape index (κ1) is 12.2. The number of hydrogen-bond donors (Lipinski definition) is 2. The Balaban J connectivity index is 2.23.